The van der Waals surface area contributed by atoms with Crippen molar-refractivity contribution in [3.8, 4) is 22.9 Å². The first kappa shape index (κ1) is 13.2. The third-order valence-corrected chi connectivity index (χ3v) is 3.59. The van der Waals surface area contributed by atoms with Gasteiger partial charge in [-0.1, -0.05) is 23.2 Å². The minimum Gasteiger partial charge on any atom is -0.506 e. The van der Waals surface area contributed by atoms with Gasteiger partial charge in [0.2, 0.25) is 0 Å². The lowest BCUT2D eigenvalue weighted by molar-refractivity contribution is 0.474. The van der Waals surface area contributed by atoms with E-state index in [1.807, 2.05) is 6.07 Å². The van der Waals surface area contributed by atoms with E-state index >= 15 is 0 Å². The molecule has 1 aromatic heterocycles. The Balaban J connectivity index is 2.67. The van der Waals surface area contributed by atoms with E-state index in [2.05, 4.69) is 20.9 Å². The number of hydrogen-bond acceptors (Lipinski definition) is 3. The number of pyridine rings is 1. The molecule has 1 heterocycles. The van der Waals surface area contributed by atoms with E-state index in [1.165, 1.54) is 12.3 Å². The third kappa shape index (κ3) is 2.44. The molecule has 0 radical (unpaired) electrons. The Hall–Kier alpha value is -1.28. The van der Waals surface area contributed by atoms with Crippen LogP contribution < -0.4 is 0 Å². The van der Waals surface area contributed by atoms with Crippen molar-refractivity contribution >= 4 is 39.1 Å². The molecule has 0 aliphatic carbocycles. The minimum absolute atomic E-state index is 0.0224. The quantitative estimate of drug-likeness (QED) is 0.781. The van der Waals surface area contributed by atoms with Crippen LogP contribution in [0.5, 0.6) is 5.75 Å². The molecule has 90 valence electrons. The molecule has 1 aromatic carbocycles. The van der Waals surface area contributed by atoms with Crippen LogP contribution in [-0.2, 0) is 0 Å². The van der Waals surface area contributed by atoms with E-state index < -0.39 is 0 Å². The number of benzene rings is 1. The number of aromatic hydroxyl groups is 1. The summed E-state index contributed by atoms with van der Waals surface area (Å²) in [6.45, 7) is 0. The lowest BCUT2D eigenvalue weighted by Crippen LogP contribution is -1.86. The fourth-order valence-corrected chi connectivity index (χ4v) is 2.18. The van der Waals surface area contributed by atoms with Gasteiger partial charge in [-0.2, -0.15) is 5.26 Å². The Bertz CT molecular complexity index is 668. The molecular formula is C12H5BrCl2N2O. The standard InChI is InChI=1S/C12H5BrCl2N2O/c13-9-2-6(4-16)1-8(11(9)18)7-3-10(14)12(15)17-5-7/h1-3,5,18H. The van der Waals surface area contributed by atoms with Crippen molar-refractivity contribution in [1.29, 1.82) is 5.26 Å². The molecule has 0 saturated carbocycles. The van der Waals surface area contributed by atoms with Crippen LogP contribution in [0.3, 0.4) is 0 Å². The predicted molar refractivity (Wildman–Crippen MR) is 73.8 cm³/mol. The Morgan fingerprint density at radius 2 is 2.00 bits per heavy atom. The average Bonchev–Trinajstić information content (AvgIpc) is 2.36. The maximum Gasteiger partial charge on any atom is 0.147 e. The van der Waals surface area contributed by atoms with E-state index in [9.17, 15) is 5.11 Å². The zero-order chi connectivity index (χ0) is 13.3. The summed E-state index contributed by atoms with van der Waals surface area (Å²) in [5.41, 5.74) is 1.47. The highest BCUT2D eigenvalue weighted by Crippen LogP contribution is 2.37. The Morgan fingerprint density at radius 3 is 2.61 bits per heavy atom. The van der Waals surface area contributed by atoms with Crippen LogP contribution in [0, 0.1) is 11.3 Å². The van der Waals surface area contributed by atoms with Crippen LogP contribution in [0.2, 0.25) is 10.2 Å². The molecule has 0 saturated heterocycles. The molecule has 0 unspecified atom stereocenters. The number of rotatable bonds is 1. The van der Waals surface area contributed by atoms with Crippen molar-refractivity contribution in [2.24, 2.45) is 0 Å². The Labute approximate surface area is 122 Å². The molecule has 0 fully saturated rings. The van der Waals surface area contributed by atoms with Crippen molar-refractivity contribution in [3.05, 3.63) is 44.6 Å². The van der Waals surface area contributed by atoms with Gasteiger partial charge in [-0.05, 0) is 34.1 Å². The fourth-order valence-electron chi connectivity index (χ4n) is 1.45. The van der Waals surface area contributed by atoms with Crippen LogP contribution in [0.4, 0.5) is 0 Å². The zero-order valence-electron chi connectivity index (χ0n) is 8.78. The summed E-state index contributed by atoms with van der Waals surface area (Å²) in [5, 5.41) is 19.4. The molecule has 18 heavy (non-hydrogen) atoms. The molecule has 0 amide bonds. The van der Waals surface area contributed by atoms with Crippen molar-refractivity contribution in [3.63, 3.8) is 0 Å². The monoisotopic (exact) mass is 342 g/mol. The molecule has 0 spiro atoms. The molecule has 0 aliphatic heterocycles. The summed E-state index contributed by atoms with van der Waals surface area (Å²) in [4.78, 5) is 3.91. The first-order valence-corrected chi connectivity index (χ1v) is 6.32. The van der Waals surface area contributed by atoms with Gasteiger partial charge < -0.3 is 5.11 Å². The van der Waals surface area contributed by atoms with E-state index in [-0.39, 0.29) is 15.9 Å². The van der Waals surface area contributed by atoms with Crippen LogP contribution in [0.1, 0.15) is 5.56 Å². The topological polar surface area (TPSA) is 56.9 Å². The predicted octanol–water partition coefficient (Wildman–Crippen LogP) is 4.40. The van der Waals surface area contributed by atoms with Gasteiger partial charge in [-0.25, -0.2) is 4.98 Å². The summed E-state index contributed by atoms with van der Waals surface area (Å²) < 4.78 is 0.433. The van der Waals surface area contributed by atoms with Gasteiger partial charge in [0, 0.05) is 17.3 Å². The second-order valence-electron chi connectivity index (χ2n) is 3.46. The highest BCUT2D eigenvalue weighted by molar-refractivity contribution is 9.10. The Kier molecular flexibility index (Phi) is 3.76. The average molecular weight is 344 g/mol. The SMILES string of the molecule is N#Cc1cc(Br)c(O)c(-c2cnc(Cl)c(Cl)c2)c1. The number of phenols is 1. The maximum atomic E-state index is 9.97. The largest absolute Gasteiger partial charge is 0.506 e. The minimum atomic E-state index is 0.0224. The van der Waals surface area contributed by atoms with Crippen molar-refractivity contribution in [2.45, 2.75) is 0 Å². The lowest BCUT2D eigenvalue weighted by atomic mass is 10.0. The molecular weight excluding hydrogens is 339 g/mol. The number of hydrogen-bond donors (Lipinski definition) is 1. The third-order valence-electron chi connectivity index (χ3n) is 2.30. The second kappa shape index (κ2) is 5.15. The summed E-state index contributed by atoms with van der Waals surface area (Å²) in [6, 6.07) is 6.68. The van der Waals surface area contributed by atoms with E-state index in [1.54, 1.807) is 12.1 Å². The molecule has 1 N–H and O–H groups in total. The lowest BCUT2D eigenvalue weighted by Gasteiger charge is -2.08. The van der Waals surface area contributed by atoms with Crippen LogP contribution in [-0.4, -0.2) is 10.1 Å². The summed E-state index contributed by atoms with van der Waals surface area (Å²) in [5.74, 6) is 0.0224. The van der Waals surface area contributed by atoms with Crippen molar-refractivity contribution < 1.29 is 5.11 Å². The van der Waals surface area contributed by atoms with Crippen molar-refractivity contribution in [2.75, 3.05) is 0 Å². The van der Waals surface area contributed by atoms with Crippen LogP contribution in [0.15, 0.2) is 28.9 Å². The first-order chi connectivity index (χ1) is 8.52. The van der Waals surface area contributed by atoms with Gasteiger partial charge in [0.15, 0.2) is 0 Å². The smallest absolute Gasteiger partial charge is 0.147 e. The van der Waals surface area contributed by atoms with Crippen LogP contribution in [0.25, 0.3) is 11.1 Å². The molecule has 0 atom stereocenters. The first-order valence-electron chi connectivity index (χ1n) is 4.77. The fraction of sp³-hybridized carbons (Fsp3) is 0. The number of nitrogens with zero attached hydrogens (tertiary/aromatic N) is 2. The summed E-state index contributed by atoms with van der Waals surface area (Å²) in [6.07, 6.45) is 1.48. The molecule has 2 aromatic rings. The molecule has 3 nitrogen and oxygen atoms in total. The zero-order valence-corrected chi connectivity index (χ0v) is 11.9. The van der Waals surface area contributed by atoms with Gasteiger partial charge in [0.05, 0.1) is 21.1 Å². The van der Waals surface area contributed by atoms with Gasteiger partial charge in [0.1, 0.15) is 10.9 Å². The van der Waals surface area contributed by atoms with Crippen LogP contribution >= 0.6 is 39.1 Å². The van der Waals surface area contributed by atoms with E-state index in [0.29, 0.717) is 21.2 Å². The highest BCUT2D eigenvalue weighted by Gasteiger charge is 2.12. The van der Waals surface area contributed by atoms with Crippen molar-refractivity contribution in [1.82, 2.24) is 4.98 Å². The number of aromatic nitrogens is 1. The van der Waals surface area contributed by atoms with Gasteiger partial charge in [-0.3, -0.25) is 0 Å². The summed E-state index contributed by atoms with van der Waals surface area (Å²) >= 11 is 14.8. The Morgan fingerprint density at radius 1 is 1.28 bits per heavy atom. The van der Waals surface area contributed by atoms with E-state index in [4.69, 9.17) is 28.5 Å². The van der Waals surface area contributed by atoms with Gasteiger partial charge in [-0.15, -0.1) is 0 Å². The number of halogens is 3. The van der Waals surface area contributed by atoms with E-state index in [0.717, 1.165) is 0 Å². The highest BCUT2D eigenvalue weighted by atomic mass is 79.9. The molecule has 0 aliphatic rings. The normalized spacial score (nSPS) is 10.1. The number of phenolic OH excluding ortho intramolecular Hbond substituents is 1. The molecule has 2 rings (SSSR count). The van der Waals surface area contributed by atoms with Gasteiger partial charge >= 0.3 is 0 Å². The molecule has 6 heteroatoms. The summed E-state index contributed by atoms with van der Waals surface area (Å²) in [7, 11) is 0. The second-order valence-corrected chi connectivity index (χ2v) is 5.08. The van der Waals surface area contributed by atoms with Gasteiger partial charge in [0.25, 0.3) is 0 Å². The number of nitriles is 1. The molecule has 0 bridgehead atoms. The maximum absolute atomic E-state index is 9.97.